The Bertz CT molecular complexity index is 853. The van der Waals surface area contributed by atoms with Crippen LogP contribution in [-0.2, 0) is 4.74 Å². The number of nitrogens with one attached hydrogen (secondary N) is 2. The summed E-state index contributed by atoms with van der Waals surface area (Å²) in [5.41, 5.74) is 1.88. The first-order valence-electron chi connectivity index (χ1n) is 7.13. The smallest absolute Gasteiger partial charge is 0.356 e. The van der Waals surface area contributed by atoms with E-state index in [1.165, 1.54) is 18.0 Å². The fourth-order valence-electron chi connectivity index (χ4n) is 2.20. The van der Waals surface area contributed by atoms with Crippen LogP contribution >= 0.6 is 11.8 Å². The van der Waals surface area contributed by atoms with Crippen LogP contribution in [0.4, 0.5) is 0 Å². The van der Waals surface area contributed by atoms with Crippen LogP contribution in [0, 0.1) is 0 Å². The highest BCUT2D eigenvalue weighted by Crippen LogP contribution is 2.21. The number of H-pyrrole nitrogens is 2. The molecular weight excluding hydrogens is 314 g/mol. The molecule has 0 amide bonds. The van der Waals surface area contributed by atoms with E-state index in [1.54, 1.807) is 13.1 Å². The number of rotatable bonds is 6. The lowest BCUT2D eigenvalue weighted by molar-refractivity contribution is 0.0519. The predicted molar refractivity (Wildman–Crippen MR) is 87.9 cm³/mol. The fourth-order valence-corrected chi connectivity index (χ4v) is 2.94. The van der Waals surface area contributed by atoms with Gasteiger partial charge in [-0.3, -0.25) is 4.79 Å². The van der Waals surface area contributed by atoms with Crippen molar-refractivity contribution in [2.75, 3.05) is 12.4 Å². The summed E-state index contributed by atoms with van der Waals surface area (Å²) in [6, 6.07) is 7.66. The van der Waals surface area contributed by atoms with Crippen LogP contribution in [0.2, 0.25) is 0 Å². The van der Waals surface area contributed by atoms with Crippen molar-refractivity contribution >= 4 is 34.4 Å². The number of para-hydroxylation sites is 1. The Morgan fingerprint density at radius 3 is 2.96 bits per heavy atom. The third-order valence-corrected chi connectivity index (χ3v) is 4.16. The zero-order valence-corrected chi connectivity index (χ0v) is 13.3. The first-order chi connectivity index (χ1) is 11.2. The quantitative estimate of drug-likeness (QED) is 0.412. The maximum absolute atomic E-state index is 12.4. The SMILES string of the molecule is CCOC(=O)c1cnc(SCC(=O)c2c[nH]c3ccccc23)[nH]1. The molecule has 0 bridgehead atoms. The molecule has 7 heteroatoms. The second-order valence-electron chi connectivity index (χ2n) is 4.78. The highest BCUT2D eigenvalue weighted by Gasteiger charge is 2.14. The number of carbonyl (C=O) groups is 2. The molecule has 3 aromatic rings. The summed E-state index contributed by atoms with van der Waals surface area (Å²) >= 11 is 1.25. The molecule has 3 rings (SSSR count). The van der Waals surface area contributed by atoms with Gasteiger partial charge in [-0.15, -0.1) is 0 Å². The van der Waals surface area contributed by atoms with Crippen molar-refractivity contribution in [3.8, 4) is 0 Å². The molecular formula is C16H15N3O3S. The van der Waals surface area contributed by atoms with E-state index in [4.69, 9.17) is 4.74 Å². The molecule has 0 saturated carbocycles. The van der Waals surface area contributed by atoms with Crippen LogP contribution in [0.5, 0.6) is 0 Å². The van der Waals surface area contributed by atoms with Crippen molar-refractivity contribution in [3.63, 3.8) is 0 Å². The van der Waals surface area contributed by atoms with Crippen LogP contribution in [0.25, 0.3) is 10.9 Å². The average molecular weight is 329 g/mol. The summed E-state index contributed by atoms with van der Waals surface area (Å²) in [6.45, 7) is 2.04. The van der Waals surface area contributed by atoms with Crippen LogP contribution in [0.1, 0.15) is 27.8 Å². The van der Waals surface area contributed by atoms with E-state index in [0.29, 0.717) is 17.3 Å². The summed E-state index contributed by atoms with van der Waals surface area (Å²) in [5, 5.41) is 1.42. The maximum Gasteiger partial charge on any atom is 0.356 e. The molecule has 6 nitrogen and oxygen atoms in total. The lowest BCUT2D eigenvalue weighted by Crippen LogP contribution is -2.05. The normalized spacial score (nSPS) is 10.8. The molecule has 118 valence electrons. The number of hydrogen-bond acceptors (Lipinski definition) is 5. The largest absolute Gasteiger partial charge is 0.461 e. The molecule has 0 spiro atoms. The second kappa shape index (κ2) is 6.70. The zero-order chi connectivity index (χ0) is 16.2. The van der Waals surface area contributed by atoms with Crippen molar-refractivity contribution < 1.29 is 14.3 Å². The molecule has 0 aliphatic carbocycles. The summed E-state index contributed by atoms with van der Waals surface area (Å²) < 4.78 is 4.88. The number of hydrogen-bond donors (Lipinski definition) is 2. The molecule has 0 aliphatic heterocycles. The minimum atomic E-state index is -0.449. The molecule has 0 aliphatic rings. The lowest BCUT2D eigenvalue weighted by atomic mass is 10.1. The number of carbonyl (C=O) groups excluding carboxylic acids is 2. The third-order valence-electron chi connectivity index (χ3n) is 3.28. The number of imidazole rings is 1. The van der Waals surface area contributed by atoms with Gasteiger partial charge in [0, 0.05) is 22.7 Å². The minimum Gasteiger partial charge on any atom is -0.461 e. The number of ketones is 1. The Labute approximate surface area is 136 Å². The Balaban J connectivity index is 1.66. The zero-order valence-electron chi connectivity index (χ0n) is 12.5. The summed E-state index contributed by atoms with van der Waals surface area (Å²) in [7, 11) is 0. The number of benzene rings is 1. The van der Waals surface area contributed by atoms with E-state index in [-0.39, 0.29) is 17.2 Å². The van der Waals surface area contributed by atoms with Crippen LogP contribution in [0.15, 0.2) is 41.8 Å². The molecule has 0 saturated heterocycles. The first kappa shape index (κ1) is 15.4. The molecule has 0 atom stereocenters. The highest BCUT2D eigenvalue weighted by molar-refractivity contribution is 7.99. The van der Waals surface area contributed by atoms with Crippen molar-refractivity contribution in [1.82, 2.24) is 15.0 Å². The molecule has 2 N–H and O–H groups in total. The maximum atomic E-state index is 12.4. The number of Topliss-reactive ketones (excluding diaryl/α,β-unsaturated/α-hetero) is 1. The van der Waals surface area contributed by atoms with Gasteiger partial charge in [0.15, 0.2) is 10.9 Å². The predicted octanol–water partition coefficient (Wildman–Crippen LogP) is 3.04. The monoisotopic (exact) mass is 329 g/mol. The number of aromatic amines is 2. The Morgan fingerprint density at radius 1 is 1.30 bits per heavy atom. The molecule has 0 fully saturated rings. The van der Waals surface area contributed by atoms with Gasteiger partial charge in [-0.25, -0.2) is 9.78 Å². The lowest BCUT2D eigenvalue weighted by Gasteiger charge is -1.99. The minimum absolute atomic E-state index is 0.00142. The Kier molecular flexibility index (Phi) is 4.47. The van der Waals surface area contributed by atoms with Crippen LogP contribution < -0.4 is 0 Å². The summed E-state index contributed by atoms with van der Waals surface area (Å²) in [4.78, 5) is 33.9. The van der Waals surface area contributed by atoms with Crippen molar-refractivity contribution in [1.29, 1.82) is 0 Å². The molecule has 1 aromatic carbocycles. The summed E-state index contributed by atoms with van der Waals surface area (Å²) in [5.74, 6) is -0.214. The number of aromatic nitrogens is 3. The average Bonchev–Trinajstić information content (AvgIpc) is 3.20. The van der Waals surface area contributed by atoms with E-state index in [9.17, 15) is 9.59 Å². The van der Waals surface area contributed by atoms with Gasteiger partial charge in [-0.2, -0.15) is 0 Å². The van der Waals surface area contributed by atoms with Gasteiger partial charge in [-0.1, -0.05) is 30.0 Å². The van der Waals surface area contributed by atoms with Gasteiger partial charge in [0.25, 0.3) is 0 Å². The molecule has 0 unspecified atom stereocenters. The van der Waals surface area contributed by atoms with Crippen molar-refractivity contribution in [2.45, 2.75) is 12.1 Å². The van der Waals surface area contributed by atoms with Crippen molar-refractivity contribution in [2.24, 2.45) is 0 Å². The fraction of sp³-hybridized carbons (Fsp3) is 0.188. The molecule has 0 radical (unpaired) electrons. The van der Waals surface area contributed by atoms with Gasteiger partial charge >= 0.3 is 5.97 Å². The number of ether oxygens (including phenoxy) is 1. The van der Waals surface area contributed by atoms with Gasteiger partial charge in [0.05, 0.1) is 18.6 Å². The molecule has 2 heterocycles. The van der Waals surface area contributed by atoms with Crippen molar-refractivity contribution in [3.05, 3.63) is 47.9 Å². The van der Waals surface area contributed by atoms with Gasteiger partial charge in [0.2, 0.25) is 0 Å². The molecule has 23 heavy (non-hydrogen) atoms. The van der Waals surface area contributed by atoms with E-state index >= 15 is 0 Å². The number of nitrogens with zero attached hydrogens (tertiary/aromatic N) is 1. The van der Waals surface area contributed by atoms with E-state index in [1.807, 2.05) is 24.3 Å². The number of fused-ring (bicyclic) bond motifs is 1. The van der Waals surface area contributed by atoms with Crippen LogP contribution in [-0.4, -0.2) is 39.1 Å². The number of esters is 1. The summed E-state index contributed by atoms with van der Waals surface area (Å²) in [6.07, 6.45) is 3.14. The molecule has 2 aromatic heterocycles. The highest BCUT2D eigenvalue weighted by atomic mass is 32.2. The standard InChI is InChI=1S/C16H15N3O3S/c1-2-22-15(21)13-8-18-16(19-13)23-9-14(20)11-7-17-12-6-4-3-5-10(11)12/h3-8,17H,2,9H2,1H3,(H,18,19). The van der Waals surface area contributed by atoms with Gasteiger partial charge < -0.3 is 14.7 Å². The Hall–Kier alpha value is -2.54. The van der Waals surface area contributed by atoms with E-state index in [2.05, 4.69) is 15.0 Å². The van der Waals surface area contributed by atoms with Crippen LogP contribution in [0.3, 0.4) is 0 Å². The van der Waals surface area contributed by atoms with E-state index in [0.717, 1.165) is 10.9 Å². The first-order valence-corrected chi connectivity index (χ1v) is 8.12. The van der Waals surface area contributed by atoms with Gasteiger partial charge in [0.1, 0.15) is 5.69 Å². The third kappa shape index (κ3) is 3.29. The van der Waals surface area contributed by atoms with Gasteiger partial charge in [-0.05, 0) is 13.0 Å². The Morgan fingerprint density at radius 2 is 2.13 bits per heavy atom. The van der Waals surface area contributed by atoms with E-state index < -0.39 is 5.97 Å². The topological polar surface area (TPSA) is 87.8 Å². The number of thioether (sulfide) groups is 1. The second-order valence-corrected chi connectivity index (χ2v) is 5.75.